The Kier molecular flexibility index (Phi) is 4.52. The molecule has 0 saturated carbocycles. The molecule has 2 aromatic rings. The molecule has 3 aliphatic heterocycles. The number of carbonyl (C=O) groups excluding carboxylic acids is 4. The summed E-state index contributed by atoms with van der Waals surface area (Å²) in [6, 6.07) is 13.4. The van der Waals surface area contributed by atoms with Gasteiger partial charge in [0.05, 0.1) is 25.5 Å². The number of carbonyl (C=O) groups is 4. The van der Waals surface area contributed by atoms with Crippen molar-refractivity contribution in [2.75, 3.05) is 12.4 Å². The maximum atomic E-state index is 13.7. The van der Waals surface area contributed by atoms with Crippen LogP contribution in [0.15, 0.2) is 48.5 Å². The lowest BCUT2D eigenvalue weighted by Crippen LogP contribution is -2.53. The molecular weight excluding hydrogens is 412 g/mol. The highest BCUT2D eigenvalue weighted by Gasteiger charge is 2.70. The minimum Gasteiger partial charge on any atom is -0.496 e. The summed E-state index contributed by atoms with van der Waals surface area (Å²) in [6.07, 6.45) is -0.167. The van der Waals surface area contributed by atoms with Crippen molar-refractivity contribution in [3.63, 3.8) is 0 Å². The summed E-state index contributed by atoms with van der Waals surface area (Å²) in [4.78, 5) is 53.4. The lowest BCUT2D eigenvalue weighted by molar-refractivity contribution is -0.143. The fraction of sp³-hybridized carbons (Fsp3) is 0.304. The lowest BCUT2D eigenvalue weighted by Gasteiger charge is -2.29. The van der Waals surface area contributed by atoms with Gasteiger partial charge in [-0.05, 0) is 12.1 Å². The summed E-state index contributed by atoms with van der Waals surface area (Å²) >= 11 is 0. The Hall–Kier alpha value is -3.72. The highest BCUT2D eigenvalue weighted by atomic mass is 16.5. The Balaban J connectivity index is 1.60. The first kappa shape index (κ1) is 20.2. The number of benzene rings is 2. The summed E-state index contributed by atoms with van der Waals surface area (Å²) in [7, 11) is 1.52. The van der Waals surface area contributed by atoms with Gasteiger partial charge in [-0.15, -0.1) is 0 Å². The molecule has 1 spiro atoms. The van der Waals surface area contributed by atoms with Gasteiger partial charge < -0.3 is 15.8 Å². The Morgan fingerprint density at radius 3 is 2.56 bits per heavy atom. The van der Waals surface area contributed by atoms with Gasteiger partial charge in [0, 0.05) is 29.3 Å². The highest BCUT2D eigenvalue weighted by Crippen LogP contribution is 2.53. The molecule has 0 radical (unpaired) electrons. The minimum absolute atomic E-state index is 0.0112. The maximum Gasteiger partial charge on any atom is 0.250 e. The molecule has 2 fully saturated rings. The third-order valence-electron chi connectivity index (χ3n) is 6.66. The molecular formula is C23H22N4O5. The van der Waals surface area contributed by atoms with Gasteiger partial charge in [-0.3, -0.25) is 29.4 Å². The zero-order valence-electron chi connectivity index (χ0n) is 17.3. The molecule has 3 aliphatic rings. The van der Waals surface area contributed by atoms with Crippen molar-refractivity contribution in [1.29, 1.82) is 0 Å². The van der Waals surface area contributed by atoms with Gasteiger partial charge in [0.25, 0.3) is 0 Å². The number of imide groups is 1. The standard InChI is InChI=1S/C23H22N4O5/c1-32-16-9-5-2-6-12(16)11-27-20(29)18-15(10-17(24)28)26-23(19(18)21(27)30)13-7-3-4-8-14(13)25-22(23)31/h2-9,15,18-19,26H,10-11H2,1H3,(H2,24,28)(H,25,31)/t15-,18+,19-,23+/m0/s1. The zero-order chi connectivity index (χ0) is 22.6. The molecule has 32 heavy (non-hydrogen) atoms. The first-order chi connectivity index (χ1) is 15.4. The van der Waals surface area contributed by atoms with E-state index in [9.17, 15) is 19.2 Å². The van der Waals surface area contributed by atoms with Crippen LogP contribution in [0.5, 0.6) is 5.75 Å². The van der Waals surface area contributed by atoms with Crippen molar-refractivity contribution in [3.8, 4) is 5.75 Å². The SMILES string of the molecule is COc1ccccc1CN1C(=O)[C@@H]2[C@H](CC(N)=O)N[C@@]3(C(=O)Nc4ccccc43)[C@@H]2C1=O. The average Bonchev–Trinajstić information content (AvgIpc) is 3.34. The molecule has 2 aromatic carbocycles. The number of primary amides is 1. The summed E-state index contributed by atoms with van der Waals surface area (Å²) in [5.41, 5.74) is 5.83. The van der Waals surface area contributed by atoms with Crippen molar-refractivity contribution < 1.29 is 23.9 Å². The van der Waals surface area contributed by atoms with E-state index in [1.54, 1.807) is 48.5 Å². The van der Waals surface area contributed by atoms with Crippen LogP contribution in [-0.4, -0.2) is 41.7 Å². The number of likely N-dealkylation sites (tertiary alicyclic amines) is 1. The van der Waals surface area contributed by atoms with E-state index in [1.807, 2.05) is 0 Å². The molecule has 4 atom stereocenters. The van der Waals surface area contributed by atoms with Gasteiger partial charge in [0.15, 0.2) is 0 Å². The Labute approximate surface area is 183 Å². The van der Waals surface area contributed by atoms with Crippen LogP contribution in [-0.2, 0) is 31.3 Å². The molecule has 164 valence electrons. The fourth-order valence-electron chi connectivity index (χ4n) is 5.37. The second-order valence-electron chi connectivity index (χ2n) is 8.31. The number of ether oxygens (including phenoxy) is 1. The normalized spacial score (nSPS) is 28.1. The molecule has 9 heteroatoms. The van der Waals surface area contributed by atoms with Crippen LogP contribution in [0.25, 0.3) is 0 Å². The summed E-state index contributed by atoms with van der Waals surface area (Å²) < 4.78 is 5.36. The largest absolute Gasteiger partial charge is 0.496 e. The van der Waals surface area contributed by atoms with E-state index in [0.717, 1.165) is 4.90 Å². The van der Waals surface area contributed by atoms with Gasteiger partial charge >= 0.3 is 0 Å². The number of nitrogens with two attached hydrogens (primary N) is 1. The van der Waals surface area contributed by atoms with E-state index in [4.69, 9.17) is 10.5 Å². The molecule has 0 aliphatic carbocycles. The Morgan fingerprint density at radius 2 is 1.81 bits per heavy atom. The lowest BCUT2D eigenvalue weighted by atomic mass is 9.76. The smallest absolute Gasteiger partial charge is 0.250 e. The fourth-order valence-corrected chi connectivity index (χ4v) is 5.37. The molecule has 0 bridgehead atoms. The molecule has 4 N–H and O–H groups in total. The van der Waals surface area contributed by atoms with Crippen molar-refractivity contribution in [1.82, 2.24) is 10.2 Å². The number of nitrogens with one attached hydrogen (secondary N) is 2. The number of nitrogens with zero attached hydrogens (tertiary/aromatic N) is 1. The summed E-state index contributed by atoms with van der Waals surface area (Å²) in [5, 5.41) is 5.98. The zero-order valence-corrected chi connectivity index (χ0v) is 17.3. The number of rotatable bonds is 5. The third kappa shape index (κ3) is 2.67. The number of anilines is 1. The first-order valence-electron chi connectivity index (χ1n) is 10.3. The van der Waals surface area contributed by atoms with Crippen LogP contribution in [0.1, 0.15) is 17.5 Å². The predicted molar refractivity (Wildman–Crippen MR) is 113 cm³/mol. The number of fused-ring (bicyclic) bond motifs is 4. The second kappa shape index (κ2) is 7.16. The number of methoxy groups -OCH3 is 1. The van der Waals surface area contributed by atoms with E-state index < -0.39 is 47.0 Å². The number of hydrogen-bond acceptors (Lipinski definition) is 6. The quantitative estimate of drug-likeness (QED) is 0.587. The topological polar surface area (TPSA) is 131 Å². The van der Waals surface area contributed by atoms with Gasteiger partial charge in [-0.1, -0.05) is 36.4 Å². The van der Waals surface area contributed by atoms with Crippen LogP contribution in [0.4, 0.5) is 5.69 Å². The van der Waals surface area contributed by atoms with Crippen LogP contribution in [0.2, 0.25) is 0 Å². The number of amides is 4. The van der Waals surface area contributed by atoms with Crippen molar-refractivity contribution in [2.24, 2.45) is 17.6 Å². The van der Waals surface area contributed by atoms with Gasteiger partial charge in [0.2, 0.25) is 23.6 Å². The molecule has 3 heterocycles. The summed E-state index contributed by atoms with van der Waals surface area (Å²) in [5.74, 6) is -3.25. The Morgan fingerprint density at radius 1 is 1.09 bits per heavy atom. The van der Waals surface area contributed by atoms with Crippen molar-refractivity contribution in [3.05, 3.63) is 59.7 Å². The van der Waals surface area contributed by atoms with E-state index >= 15 is 0 Å². The predicted octanol–water partition coefficient (Wildman–Crippen LogP) is 0.491. The van der Waals surface area contributed by atoms with Crippen molar-refractivity contribution in [2.45, 2.75) is 24.5 Å². The third-order valence-corrected chi connectivity index (χ3v) is 6.66. The van der Waals surface area contributed by atoms with E-state index in [0.29, 0.717) is 22.6 Å². The molecule has 4 amide bonds. The second-order valence-corrected chi connectivity index (χ2v) is 8.31. The molecule has 0 unspecified atom stereocenters. The van der Waals surface area contributed by atoms with Gasteiger partial charge in [0.1, 0.15) is 11.3 Å². The van der Waals surface area contributed by atoms with E-state index in [1.165, 1.54) is 7.11 Å². The van der Waals surface area contributed by atoms with E-state index in [2.05, 4.69) is 10.6 Å². The van der Waals surface area contributed by atoms with Crippen molar-refractivity contribution >= 4 is 29.3 Å². The molecule has 2 saturated heterocycles. The average molecular weight is 434 g/mol. The monoisotopic (exact) mass is 434 g/mol. The molecule has 0 aromatic heterocycles. The van der Waals surface area contributed by atoms with Gasteiger partial charge in [-0.25, -0.2) is 0 Å². The van der Waals surface area contributed by atoms with Gasteiger partial charge in [-0.2, -0.15) is 0 Å². The maximum absolute atomic E-state index is 13.7. The first-order valence-corrected chi connectivity index (χ1v) is 10.3. The van der Waals surface area contributed by atoms with E-state index in [-0.39, 0.29) is 13.0 Å². The Bertz CT molecular complexity index is 1160. The number of hydrogen-bond donors (Lipinski definition) is 3. The van der Waals surface area contributed by atoms with Crippen LogP contribution < -0.4 is 21.1 Å². The highest BCUT2D eigenvalue weighted by molar-refractivity contribution is 6.15. The van der Waals surface area contributed by atoms with Crippen LogP contribution in [0.3, 0.4) is 0 Å². The molecule has 5 rings (SSSR count). The summed E-state index contributed by atoms with van der Waals surface area (Å²) in [6.45, 7) is 0.0112. The van der Waals surface area contributed by atoms with Crippen LogP contribution in [0, 0.1) is 11.8 Å². The van der Waals surface area contributed by atoms with Crippen LogP contribution >= 0.6 is 0 Å². The number of para-hydroxylation sites is 2. The molecule has 9 nitrogen and oxygen atoms in total. The minimum atomic E-state index is -1.44.